The number of hydrogen-bond acceptors (Lipinski definition) is 3. The first-order valence-corrected chi connectivity index (χ1v) is 14.9. The van der Waals surface area contributed by atoms with E-state index in [4.69, 9.17) is 14.7 Å². The van der Waals surface area contributed by atoms with Gasteiger partial charge in [0.25, 0.3) is 0 Å². The van der Waals surface area contributed by atoms with Gasteiger partial charge < -0.3 is 37.1 Å². The normalized spacial score (nSPS) is 9.53. The molecule has 0 heterocycles. The molecule has 0 N–H and O–H groups in total. The average molecular weight is 535 g/mol. The molecule has 0 aliphatic carbocycles. The Morgan fingerprint density at radius 1 is 0.529 bits per heavy atom. The summed E-state index contributed by atoms with van der Waals surface area (Å²) >= 11 is 0. The quantitative estimate of drug-likeness (QED) is 0.0680. The predicted octanol–water partition coefficient (Wildman–Crippen LogP) is 8.56. The summed E-state index contributed by atoms with van der Waals surface area (Å²) in [7, 11) is -3.37. The fraction of sp³-hybridized carbons (Fsp3) is 0.828. The van der Waals surface area contributed by atoms with E-state index in [1.54, 1.807) is 0 Å². The second-order valence-electron chi connectivity index (χ2n) is 8.58. The van der Waals surface area contributed by atoms with Crippen molar-refractivity contribution in [1.82, 2.24) is 0 Å². The molecular formula is C29H59O3PTi-3. The number of rotatable bonds is 20. The van der Waals surface area contributed by atoms with Crippen molar-refractivity contribution < 1.29 is 36.4 Å². The zero-order chi connectivity index (χ0) is 25.8. The van der Waals surface area contributed by atoms with Crippen LogP contribution in [0.4, 0.5) is 0 Å². The first-order chi connectivity index (χ1) is 16.0. The van der Waals surface area contributed by atoms with Gasteiger partial charge >= 0.3 is 21.7 Å². The van der Waals surface area contributed by atoms with Crippen LogP contribution >= 0.6 is 8.60 Å². The first-order valence-electron chi connectivity index (χ1n) is 13.8. The standard InChI is InChI=1S/2C13H27.C3H5.O3P.Ti/c2*1-3-5-7-9-11-13-12-10-8-6-4-2;1-3-2;1-4(2)3;/h2*1,3-13H2,2H3;3H,1-2H2;;/q3*-1;-3;+3. The summed E-state index contributed by atoms with van der Waals surface area (Å²) in [6.45, 7) is 18.8. The Labute approximate surface area is 232 Å². The van der Waals surface area contributed by atoms with E-state index in [1.807, 2.05) is 0 Å². The molecule has 0 aliphatic heterocycles. The number of unbranched alkanes of at least 4 members (excludes halogenated alkanes) is 20. The SMILES string of the molecule is C=C[CH2-].[CH2-]CCCCCCCCCCCC.[CH2-]CCCCCCCCCCCC.[O-]P([O-])[O-].[Ti+3]. The third-order valence-electron chi connectivity index (χ3n) is 5.21. The summed E-state index contributed by atoms with van der Waals surface area (Å²) < 4.78 is 0. The maximum Gasteiger partial charge on any atom is 3.00 e. The molecule has 0 rings (SSSR count). The van der Waals surface area contributed by atoms with Gasteiger partial charge in [0.15, 0.2) is 0 Å². The largest absolute Gasteiger partial charge is 3.00 e. The van der Waals surface area contributed by atoms with Crippen LogP contribution in [0.1, 0.15) is 155 Å². The second kappa shape index (κ2) is 50.5. The molecule has 5 heteroatoms. The van der Waals surface area contributed by atoms with Crippen LogP contribution in [0.25, 0.3) is 0 Å². The van der Waals surface area contributed by atoms with Crippen molar-refractivity contribution in [2.24, 2.45) is 0 Å². The molecule has 205 valence electrons. The van der Waals surface area contributed by atoms with Gasteiger partial charge in [-0.2, -0.15) is 12.8 Å². The summed E-state index contributed by atoms with van der Waals surface area (Å²) in [5.74, 6) is 0. The Hall–Kier alpha value is 0.634. The molecule has 0 aromatic carbocycles. The zero-order valence-corrected chi connectivity index (χ0v) is 25.6. The van der Waals surface area contributed by atoms with E-state index in [2.05, 4.69) is 41.2 Å². The molecule has 0 saturated heterocycles. The average Bonchev–Trinajstić information content (AvgIpc) is 2.78. The van der Waals surface area contributed by atoms with E-state index in [-0.39, 0.29) is 21.7 Å². The van der Waals surface area contributed by atoms with Gasteiger partial charge in [-0.05, 0) is 0 Å². The molecule has 34 heavy (non-hydrogen) atoms. The molecule has 3 nitrogen and oxygen atoms in total. The van der Waals surface area contributed by atoms with E-state index in [0.717, 1.165) is 12.8 Å². The molecule has 1 radical (unpaired) electrons. The van der Waals surface area contributed by atoms with Crippen LogP contribution in [0.15, 0.2) is 12.7 Å². The Bertz CT molecular complexity index is 248. The molecule has 0 spiro atoms. The molecule has 0 saturated carbocycles. The molecule has 0 fully saturated rings. The Morgan fingerprint density at radius 3 is 0.824 bits per heavy atom. The molecule has 0 aromatic rings. The fourth-order valence-electron chi connectivity index (χ4n) is 3.33. The van der Waals surface area contributed by atoms with E-state index in [9.17, 15) is 0 Å². The van der Waals surface area contributed by atoms with E-state index < -0.39 is 8.60 Å². The summed E-state index contributed by atoms with van der Waals surface area (Å²) in [5, 5.41) is 0. The molecule has 0 bridgehead atoms. The van der Waals surface area contributed by atoms with Gasteiger partial charge in [0.05, 0.1) is 0 Å². The Balaban J connectivity index is -0.000000126. The van der Waals surface area contributed by atoms with Crippen LogP contribution in [0.5, 0.6) is 0 Å². The van der Waals surface area contributed by atoms with Crippen LogP contribution < -0.4 is 14.7 Å². The van der Waals surface area contributed by atoms with Gasteiger partial charge in [-0.25, -0.2) is 19.6 Å². The second-order valence-corrected chi connectivity index (χ2v) is 9.03. The monoisotopic (exact) mass is 534 g/mol. The van der Waals surface area contributed by atoms with Gasteiger partial charge in [-0.15, -0.1) is 0 Å². The van der Waals surface area contributed by atoms with Crippen molar-refractivity contribution in [3.05, 3.63) is 33.4 Å². The molecule has 0 atom stereocenters. The number of allylic oxidation sites excluding steroid dienone is 1. The third-order valence-corrected chi connectivity index (χ3v) is 5.21. The van der Waals surface area contributed by atoms with Crippen molar-refractivity contribution in [2.45, 2.75) is 155 Å². The van der Waals surface area contributed by atoms with Crippen molar-refractivity contribution >= 4 is 8.60 Å². The van der Waals surface area contributed by atoms with E-state index >= 15 is 0 Å². The minimum Gasteiger partial charge on any atom is -0.854 e. The molecule has 0 aliphatic rings. The predicted molar refractivity (Wildman–Crippen MR) is 146 cm³/mol. The van der Waals surface area contributed by atoms with Crippen molar-refractivity contribution in [3.8, 4) is 0 Å². The summed E-state index contributed by atoms with van der Waals surface area (Å²) in [6, 6.07) is 0. The van der Waals surface area contributed by atoms with Crippen LogP contribution in [-0.4, -0.2) is 0 Å². The van der Waals surface area contributed by atoms with Gasteiger partial charge in [0.1, 0.15) is 0 Å². The van der Waals surface area contributed by atoms with Crippen LogP contribution in [-0.2, 0) is 21.7 Å². The molecule has 0 unspecified atom stereocenters. The minimum absolute atomic E-state index is 0. The van der Waals surface area contributed by atoms with E-state index in [1.165, 1.54) is 134 Å². The summed E-state index contributed by atoms with van der Waals surface area (Å²) in [5.41, 5.74) is 0. The zero-order valence-electron chi connectivity index (χ0n) is 23.1. The van der Waals surface area contributed by atoms with Gasteiger partial charge in [-0.3, -0.25) is 0 Å². The summed E-state index contributed by atoms with van der Waals surface area (Å²) in [6.07, 6.45) is 32.2. The van der Waals surface area contributed by atoms with Crippen LogP contribution in [0.2, 0.25) is 0 Å². The number of hydrogen-bond donors (Lipinski definition) is 0. The molecular weight excluding hydrogens is 475 g/mol. The smallest absolute Gasteiger partial charge is 0.854 e. The first kappa shape index (κ1) is 44.6. The van der Waals surface area contributed by atoms with Crippen molar-refractivity contribution in [2.75, 3.05) is 0 Å². The Kier molecular flexibility index (Phi) is 66.3. The molecule has 0 aromatic heterocycles. The van der Waals surface area contributed by atoms with Gasteiger partial charge in [-0.1, -0.05) is 142 Å². The topological polar surface area (TPSA) is 69.2 Å². The van der Waals surface area contributed by atoms with Gasteiger partial charge in [0, 0.05) is 0 Å². The third kappa shape index (κ3) is 76.7. The van der Waals surface area contributed by atoms with Crippen LogP contribution in [0, 0.1) is 20.8 Å². The Morgan fingerprint density at radius 2 is 0.676 bits per heavy atom. The summed E-state index contributed by atoms with van der Waals surface area (Å²) in [4.78, 5) is 25.4. The van der Waals surface area contributed by atoms with Crippen molar-refractivity contribution in [3.63, 3.8) is 0 Å². The minimum atomic E-state index is -3.37. The van der Waals surface area contributed by atoms with E-state index in [0.29, 0.717) is 0 Å². The fourth-order valence-corrected chi connectivity index (χ4v) is 3.33. The van der Waals surface area contributed by atoms with Crippen LogP contribution in [0.3, 0.4) is 0 Å². The van der Waals surface area contributed by atoms with Crippen molar-refractivity contribution in [1.29, 1.82) is 0 Å². The van der Waals surface area contributed by atoms with Gasteiger partial charge in [0.2, 0.25) is 0 Å². The maximum atomic E-state index is 8.48. The molecule has 0 amide bonds. The maximum absolute atomic E-state index is 8.48.